The molecule has 116 valence electrons. The van der Waals surface area contributed by atoms with Crippen molar-refractivity contribution >= 4 is 5.96 Å². The Morgan fingerprint density at radius 3 is 2.45 bits per heavy atom. The first-order chi connectivity index (χ1) is 9.72. The Hall–Kier alpha value is -0.810. The monoisotopic (exact) mass is 283 g/mol. The Morgan fingerprint density at radius 2 is 1.85 bits per heavy atom. The van der Waals surface area contributed by atoms with Crippen molar-refractivity contribution in [2.75, 3.05) is 32.8 Å². The highest BCUT2D eigenvalue weighted by molar-refractivity contribution is 5.79. The van der Waals surface area contributed by atoms with E-state index in [0.717, 1.165) is 57.9 Å². The Labute approximate surface area is 122 Å². The lowest BCUT2D eigenvalue weighted by molar-refractivity contribution is -0.0549. The first-order valence-electron chi connectivity index (χ1n) is 8.00. The third kappa shape index (κ3) is 3.44. The van der Waals surface area contributed by atoms with Gasteiger partial charge in [-0.1, -0.05) is 0 Å². The Kier molecular flexibility index (Phi) is 5.66. The van der Waals surface area contributed by atoms with Gasteiger partial charge < -0.3 is 20.5 Å². The highest BCUT2D eigenvalue weighted by Crippen LogP contribution is 2.48. The third-order valence-corrected chi connectivity index (χ3v) is 4.75. The Balaban J connectivity index is 1.91. The van der Waals surface area contributed by atoms with Crippen LogP contribution in [-0.4, -0.2) is 50.0 Å². The van der Waals surface area contributed by atoms with Crippen molar-refractivity contribution in [1.82, 2.24) is 10.6 Å². The fourth-order valence-corrected chi connectivity index (χ4v) is 3.51. The summed E-state index contributed by atoms with van der Waals surface area (Å²) in [5.74, 6) is 1.15. The van der Waals surface area contributed by atoms with Crippen LogP contribution in [-0.2, 0) is 4.74 Å². The maximum absolute atomic E-state index is 10.7. The second-order valence-corrected chi connectivity index (χ2v) is 5.97. The summed E-state index contributed by atoms with van der Waals surface area (Å²) in [5, 5.41) is 17.1. The van der Waals surface area contributed by atoms with E-state index in [1.54, 1.807) is 0 Å². The molecular weight excluding hydrogens is 254 g/mol. The minimum atomic E-state index is -0.223. The maximum Gasteiger partial charge on any atom is 0.191 e. The molecule has 0 amide bonds. The lowest BCUT2D eigenvalue weighted by Gasteiger charge is -2.37. The predicted octanol–water partition coefficient (Wildman–Crippen LogP) is 1.13. The van der Waals surface area contributed by atoms with E-state index in [4.69, 9.17) is 4.74 Å². The lowest BCUT2D eigenvalue weighted by Crippen LogP contribution is -2.40. The van der Waals surface area contributed by atoms with Crippen molar-refractivity contribution in [3.63, 3.8) is 0 Å². The molecule has 2 rings (SSSR count). The summed E-state index contributed by atoms with van der Waals surface area (Å²) in [6.45, 7) is 8.16. The second-order valence-electron chi connectivity index (χ2n) is 5.97. The number of rotatable bonds is 4. The molecule has 2 atom stereocenters. The molecule has 2 fully saturated rings. The topological polar surface area (TPSA) is 65.9 Å². The minimum Gasteiger partial charge on any atom is -0.392 e. The standard InChI is InChI=1S/C15H29N3O2/c1-3-16-14(17-4-2)18-11-12-5-6-15(13(12)19)7-9-20-10-8-15/h12-13,19H,3-11H2,1-2H3,(H2,16,17,18). The zero-order valence-corrected chi connectivity index (χ0v) is 12.8. The zero-order chi connectivity index (χ0) is 14.4. The quantitative estimate of drug-likeness (QED) is 0.534. The summed E-state index contributed by atoms with van der Waals surface area (Å²) in [4.78, 5) is 4.62. The zero-order valence-electron chi connectivity index (χ0n) is 12.8. The van der Waals surface area contributed by atoms with E-state index in [9.17, 15) is 5.11 Å². The molecule has 5 nitrogen and oxygen atoms in total. The van der Waals surface area contributed by atoms with Crippen LogP contribution in [0.2, 0.25) is 0 Å². The molecule has 1 aliphatic heterocycles. The first-order valence-corrected chi connectivity index (χ1v) is 8.00. The first kappa shape index (κ1) is 15.6. The maximum atomic E-state index is 10.7. The molecule has 5 heteroatoms. The molecule has 1 spiro atoms. The van der Waals surface area contributed by atoms with Crippen molar-refractivity contribution in [3.05, 3.63) is 0 Å². The van der Waals surface area contributed by atoms with Crippen LogP contribution < -0.4 is 10.6 Å². The van der Waals surface area contributed by atoms with Crippen LogP contribution in [0.5, 0.6) is 0 Å². The van der Waals surface area contributed by atoms with Gasteiger partial charge in [-0.15, -0.1) is 0 Å². The third-order valence-electron chi connectivity index (χ3n) is 4.75. The van der Waals surface area contributed by atoms with Gasteiger partial charge in [-0.05, 0) is 39.5 Å². The number of aliphatic imine (C=N–C) groups is 1. The van der Waals surface area contributed by atoms with Gasteiger partial charge in [0.15, 0.2) is 5.96 Å². The van der Waals surface area contributed by atoms with Gasteiger partial charge in [0, 0.05) is 44.2 Å². The van der Waals surface area contributed by atoms with Gasteiger partial charge in [0.2, 0.25) is 0 Å². The summed E-state index contributed by atoms with van der Waals surface area (Å²) in [6, 6.07) is 0. The molecule has 20 heavy (non-hydrogen) atoms. The Morgan fingerprint density at radius 1 is 1.20 bits per heavy atom. The average molecular weight is 283 g/mol. The summed E-state index contributed by atoms with van der Waals surface area (Å²) in [5.41, 5.74) is 0.106. The second kappa shape index (κ2) is 7.27. The smallest absolute Gasteiger partial charge is 0.191 e. The largest absolute Gasteiger partial charge is 0.392 e. The van der Waals surface area contributed by atoms with Gasteiger partial charge in [0.05, 0.1) is 6.10 Å². The summed E-state index contributed by atoms with van der Waals surface area (Å²) in [7, 11) is 0. The van der Waals surface area contributed by atoms with Crippen LogP contribution in [0, 0.1) is 11.3 Å². The van der Waals surface area contributed by atoms with Crippen LogP contribution >= 0.6 is 0 Å². The number of nitrogens with zero attached hydrogens (tertiary/aromatic N) is 1. The summed E-state index contributed by atoms with van der Waals surface area (Å²) >= 11 is 0. The number of nitrogens with one attached hydrogen (secondary N) is 2. The van der Waals surface area contributed by atoms with Gasteiger partial charge in [-0.2, -0.15) is 0 Å². The van der Waals surface area contributed by atoms with Crippen LogP contribution in [0.3, 0.4) is 0 Å². The van der Waals surface area contributed by atoms with Crippen molar-refractivity contribution in [3.8, 4) is 0 Å². The number of ether oxygens (including phenoxy) is 1. The fraction of sp³-hybridized carbons (Fsp3) is 0.933. The van der Waals surface area contributed by atoms with Crippen molar-refractivity contribution in [1.29, 1.82) is 0 Å². The number of guanidine groups is 1. The van der Waals surface area contributed by atoms with Crippen molar-refractivity contribution < 1.29 is 9.84 Å². The van der Waals surface area contributed by atoms with E-state index < -0.39 is 0 Å². The van der Waals surface area contributed by atoms with E-state index >= 15 is 0 Å². The van der Waals surface area contributed by atoms with E-state index in [2.05, 4.69) is 29.5 Å². The van der Waals surface area contributed by atoms with Gasteiger partial charge >= 0.3 is 0 Å². The molecule has 0 aromatic rings. The van der Waals surface area contributed by atoms with Gasteiger partial charge in [0.25, 0.3) is 0 Å². The van der Waals surface area contributed by atoms with Crippen molar-refractivity contribution in [2.45, 2.75) is 45.6 Å². The van der Waals surface area contributed by atoms with Crippen molar-refractivity contribution in [2.24, 2.45) is 16.3 Å². The fourth-order valence-electron chi connectivity index (χ4n) is 3.51. The minimum absolute atomic E-state index is 0.106. The van der Waals surface area contributed by atoms with E-state index in [1.807, 2.05) is 0 Å². The van der Waals surface area contributed by atoms with Gasteiger partial charge in [0.1, 0.15) is 0 Å². The molecule has 2 aliphatic rings. The van der Waals surface area contributed by atoms with Gasteiger partial charge in [-0.25, -0.2) is 0 Å². The molecule has 0 radical (unpaired) electrons. The highest BCUT2D eigenvalue weighted by atomic mass is 16.5. The highest BCUT2D eigenvalue weighted by Gasteiger charge is 2.47. The number of aliphatic hydroxyl groups excluding tert-OH is 1. The molecule has 0 aromatic carbocycles. The number of aliphatic hydroxyl groups is 1. The Bertz CT molecular complexity index is 319. The SMILES string of the molecule is CCNC(=NCC1CCC2(CCOCC2)C1O)NCC. The number of hydrogen-bond acceptors (Lipinski definition) is 3. The molecule has 1 saturated carbocycles. The lowest BCUT2D eigenvalue weighted by atomic mass is 9.76. The van der Waals surface area contributed by atoms with E-state index in [0.29, 0.717) is 12.5 Å². The molecule has 0 aromatic heterocycles. The van der Waals surface area contributed by atoms with Crippen LogP contribution in [0.25, 0.3) is 0 Å². The normalized spacial score (nSPS) is 28.4. The summed E-state index contributed by atoms with van der Waals surface area (Å²) in [6.07, 6.45) is 3.98. The molecule has 1 heterocycles. The molecular formula is C15H29N3O2. The van der Waals surface area contributed by atoms with E-state index in [-0.39, 0.29) is 11.5 Å². The predicted molar refractivity (Wildman–Crippen MR) is 80.9 cm³/mol. The van der Waals surface area contributed by atoms with Crippen LogP contribution in [0.15, 0.2) is 4.99 Å². The average Bonchev–Trinajstić information content (AvgIpc) is 2.75. The summed E-state index contributed by atoms with van der Waals surface area (Å²) < 4.78 is 5.44. The molecule has 0 bridgehead atoms. The molecule has 1 saturated heterocycles. The molecule has 2 unspecified atom stereocenters. The van der Waals surface area contributed by atoms with E-state index in [1.165, 1.54) is 0 Å². The van der Waals surface area contributed by atoms with Gasteiger partial charge in [-0.3, -0.25) is 4.99 Å². The molecule has 1 aliphatic carbocycles. The van der Waals surface area contributed by atoms with Crippen LogP contribution in [0.1, 0.15) is 39.5 Å². The number of hydrogen-bond donors (Lipinski definition) is 3. The molecule has 3 N–H and O–H groups in total. The van der Waals surface area contributed by atoms with Crippen LogP contribution in [0.4, 0.5) is 0 Å².